The average Bonchev–Trinajstić information content (AvgIpc) is 2.65. The molecule has 1 saturated heterocycles. The summed E-state index contributed by atoms with van der Waals surface area (Å²) in [4.78, 5) is 2.03. The van der Waals surface area contributed by atoms with Crippen LogP contribution in [0.25, 0.3) is 0 Å². The summed E-state index contributed by atoms with van der Waals surface area (Å²) >= 11 is 0. The molecule has 0 saturated carbocycles. The molecule has 6 nitrogen and oxygen atoms in total. The van der Waals surface area contributed by atoms with Crippen molar-refractivity contribution in [2.45, 2.75) is 38.9 Å². The zero-order valence-corrected chi connectivity index (χ0v) is 10.0. The first kappa shape index (κ1) is 13.8. The fourth-order valence-corrected chi connectivity index (χ4v) is 1.41. The van der Waals surface area contributed by atoms with Crippen LogP contribution in [0.15, 0.2) is 0 Å². The Balaban J connectivity index is 2.28. The molecule has 16 heavy (non-hydrogen) atoms. The maximum Gasteiger partial charge on any atom is 0.180 e. The van der Waals surface area contributed by atoms with Crippen molar-refractivity contribution in [2.75, 3.05) is 26.7 Å². The first-order chi connectivity index (χ1) is 7.45. The van der Waals surface area contributed by atoms with Crippen LogP contribution >= 0.6 is 0 Å². The van der Waals surface area contributed by atoms with Crippen LogP contribution in [0.3, 0.4) is 0 Å². The van der Waals surface area contributed by atoms with Gasteiger partial charge in [0.2, 0.25) is 0 Å². The van der Waals surface area contributed by atoms with E-state index in [2.05, 4.69) is 0 Å². The number of hydrogen-bond acceptors (Lipinski definition) is 6. The molecule has 2 unspecified atom stereocenters. The number of hydrogen-bond donors (Lipinski definition) is 2. The molecule has 0 aromatic rings. The smallest absolute Gasteiger partial charge is 0.180 e. The highest BCUT2D eigenvalue weighted by atomic mass is 16.7. The zero-order chi connectivity index (χ0) is 12.2. The summed E-state index contributed by atoms with van der Waals surface area (Å²) in [7, 11) is 0. The molecule has 1 fully saturated rings. The lowest BCUT2D eigenvalue weighted by Crippen LogP contribution is -2.45. The van der Waals surface area contributed by atoms with Gasteiger partial charge in [-0.05, 0) is 20.8 Å². The molecule has 96 valence electrons. The minimum Gasteiger partial charge on any atom is -0.391 e. The summed E-state index contributed by atoms with van der Waals surface area (Å²) < 4.78 is 15.7. The molecule has 0 radical (unpaired) electrons. The normalized spacial score (nSPS) is 24.9. The molecule has 1 heterocycles. The van der Waals surface area contributed by atoms with Crippen molar-refractivity contribution in [1.29, 1.82) is 0 Å². The van der Waals surface area contributed by atoms with Crippen LogP contribution in [0.2, 0.25) is 0 Å². The molecule has 1 aliphatic heterocycles. The van der Waals surface area contributed by atoms with Crippen molar-refractivity contribution in [1.82, 2.24) is 4.90 Å². The molecular weight excluding hydrogens is 214 g/mol. The van der Waals surface area contributed by atoms with Gasteiger partial charge in [-0.1, -0.05) is 0 Å². The molecule has 0 aliphatic carbocycles. The van der Waals surface area contributed by atoms with E-state index in [1.54, 1.807) is 0 Å². The number of rotatable bonds is 6. The number of ether oxygens (including phenoxy) is 3. The van der Waals surface area contributed by atoms with Crippen LogP contribution in [0.1, 0.15) is 20.8 Å². The van der Waals surface area contributed by atoms with E-state index in [1.807, 2.05) is 25.7 Å². The Morgan fingerprint density at radius 3 is 2.75 bits per heavy atom. The third-order valence-corrected chi connectivity index (χ3v) is 2.58. The second kappa shape index (κ2) is 5.90. The van der Waals surface area contributed by atoms with Crippen molar-refractivity contribution in [2.24, 2.45) is 0 Å². The monoisotopic (exact) mass is 235 g/mol. The maximum atomic E-state index is 8.97. The molecule has 0 amide bonds. The van der Waals surface area contributed by atoms with E-state index in [4.69, 9.17) is 24.4 Å². The molecule has 2 atom stereocenters. The van der Waals surface area contributed by atoms with Crippen LogP contribution < -0.4 is 0 Å². The van der Waals surface area contributed by atoms with Gasteiger partial charge in [-0.25, -0.2) is 0 Å². The molecule has 0 aromatic heterocycles. The predicted octanol–water partition coefficient (Wildman–Crippen LogP) is -0.298. The van der Waals surface area contributed by atoms with Crippen LogP contribution in [-0.2, 0) is 14.2 Å². The van der Waals surface area contributed by atoms with Gasteiger partial charge in [0.25, 0.3) is 0 Å². The Labute approximate surface area is 95.7 Å². The first-order valence-electron chi connectivity index (χ1n) is 5.37. The van der Waals surface area contributed by atoms with E-state index in [0.717, 1.165) is 6.54 Å². The second-order valence-electron chi connectivity index (χ2n) is 4.34. The van der Waals surface area contributed by atoms with Crippen molar-refractivity contribution < 1.29 is 24.4 Å². The van der Waals surface area contributed by atoms with Gasteiger partial charge in [0, 0.05) is 6.54 Å². The Kier molecular flexibility index (Phi) is 5.10. The van der Waals surface area contributed by atoms with Gasteiger partial charge in [0.1, 0.15) is 12.5 Å². The van der Waals surface area contributed by atoms with Crippen molar-refractivity contribution in [3.63, 3.8) is 0 Å². The van der Waals surface area contributed by atoms with E-state index in [0.29, 0.717) is 6.73 Å². The fourth-order valence-electron chi connectivity index (χ4n) is 1.41. The van der Waals surface area contributed by atoms with E-state index in [-0.39, 0.29) is 12.9 Å². The predicted molar refractivity (Wildman–Crippen MR) is 56.3 cm³/mol. The first-order valence-corrected chi connectivity index (χ1v) is 5.37. The molecule has 2 N–H and O–H groups in total. The van der Waals surface area contributed by atoms with E-state index in [9.17, 15) is 0 Å². The van der Waals surface area contributed by atoms with Gasteiger partial charge in [0.05, 0.1) is 12.7 Å². The van der Waals surface area contributed by atoms with E-state index >= 15 is 0 Å². The van der Waals surface area contributed by atoms with Gasteiger partial charge < -0.3 is 24.4 Å². The van der Waals surface area contributed by atoms with Gasteiger partial charge in [-0.3, -0.25) is 4.90 Å². The topological polar surface area (TPSA) is 71.4 Å². The highest BCUT2D eigenvalue weighted by molar-refractivity contribution is 4.75. The van der Waals surface area contributed by atoms with Crippen LogP contribution in [0.4, 0.5) is 0 Å². The fraction of sp³-hybridized carbons (Fsp3) is 1.00. The van der Waals surface area contributed by atoms with Crippen molar-refractivity contribution >= 4 is 0 Å². The van der Waals surface area contributed by atoms with Crippen molar-refractivity contribution in [3.05, 3.63) is 0 Å². The van der Waals surface area contributed by atoms with Gasteiger partial charge in [-0.15, -0.1) is 0 Å². The van der Waals surface area contributed by atoms with Crippen LogP contribution in [0.5, 0.6) is 0 Å². The summed E-state index contributed by atoms with van der Waals surface area (Å²) in [5.74, 6) is 0. The summed E-state index contributed by atoms with van der Waals surface area (Å²) in [6, 6.07) is 0. The molecule has 0 bridgehead atoms. The number of nitrogens with zero attached hydrogens (tertiary/aromatic N) is 1. The molecule has 1 aliphatic rings. The Bertz CT molecular complexity index is 211. The SMILES string of the molecule is CC1CN(C(C)(C)OCOC(O)CO)CO1. The summed E-state index contributed by atoms with van der Waals surface area (Å²) in [5, 5.41) is 17.5. The highest BCUT2D eigenvalue weighted by Gasteiger charge is 2.33. The molecule has 1 rings (SSSR count). The average molecular weight is 235 g/mol. The summed E-state index contributed by atoms with van der Waals surface area (Å²) in [6.07, 6.45) is -0.989. The third-order valence-electron chi connectivity index (χ3n) is 2.58. The lowest BCUT2D eigenvalue weighted by atomic mass is 10.2. The Morgan fingerprint density at radius 1 is 1.56 bits per heavy atom. The molecule has 0 aromatic carbocycles. The maximum absolute atomic E-state index is 8.97. The molecule has 0 spiro atoms. The lowest BCUT2D eigenvalue weighted by molar-refractivity contribution is -0.242. The van der Waals surface area contributed by atoms with Crippen LogP contribution in [0, 0.1) is 0 Å². The Hall–Kier alpha value is -0.240. The van der Waals surface area contributed by atoms with Gasteiger partial charge in [0.15, 0.2) is 13.1 Å². The van der Waals surface area contributed by atoms with E-state index in [1.165, 1.54) is 0 Å². The van der Waals surface area contributed by atoms with Gasteiger partial charge >= 0.3 is 0 Å². The number of aliphatic hydroxyl groups is 2. The van der Waals surface area contributed by atoms with Crippen LogP contribution in [-0.4, -0.2) is 59.9 Å². The largest absolute Gasteiger partial charge is 0.391 e. The minimum absolute atomic E-state index is 0.0698. The second-order valence-corrected chi connectivity index (χ2v) is 4.34. The van der Waals surface area contributed by atoms with Crippen molar-refractivity contribution in [3.8, 4) is 0 Å². The summed E-state index contributed by atoms with van der Waals surface area (Å²) in [6.45, 7) is 6.63. The summed E-state index contributed by atoms with van der Waals surface area (Å²) in [5.41, 5.74) is -0.514. The molecular formula is C10H21NO5. The Morgan fingerprint density at radius 2 is 2.25 bits per heavy atom. The van der Waals surface area contributed by atoms with E-state index < -0.39 is 18.6 Å². The highest BCUT2D eigenvalue weighted by Crippen LogP contribution is 2.21. The van der Waals surface area contributed by atoms with Gasteiger partial charge in [-0.2, -0.15) is 0 Å². The zero-order valence-electron chi connectivity index (χ0n) is 10.0. The standard InChI is InChI=1S/C10H21NO5/c1-8-4-11(6-14-8)10(2,3)16-7-15-9(13)5-12/h8-9,12-13H,4-7H2,1-3H3. The number of aliphatic hydroxyl groups excluding tert-OH is 2. The lowest BCUT2D eigenvalue weighted by Gasteiger charge is -2.34. The minimum atomic E-state index is -1.19. The molecule has 6 heteroatoms. The quantitative estimate of drug-likeness (QED) is 0.616. The third kappa shape index (κ3) is 3.97.